The van der Waals surface area contributed by atoms with Crippen LogP contribution in [0.25, 0.3) is 0 Å². The van der Waals surface area contributed by atoms with E-state index in [-0.39, 0.29) is 0 Å². The molecule has 0 spiro atoms. The van der Waals surface area contributed by atoms with E-state index in [0.29, 0.717) is 6.04 Å². The lowest BCUT2D eigenvalue weighted by Crippen LogP contribution is -2.60. The van der Waals surface area contributed by atoms with Crippen LogP contribution in [0.1, 0.15) is 63.1 Å². The van der Waals surface area contributed by atoms with Crippen LogP contribution in [0.2, 0.25) is 0 Å². The Kier molecular flexibility index (Phi) is 9.12. The molecule has 3 N–H and O–H groups in total. The van der Waals surface area contributed by atoms with Gasteiger partial charge in [-0.1, -0.05) is 55.5 Å². The minimum atomic E-state index is -0.758. The first kappa shape index (κ1) is 24.3. The van der Waals surface area contributed by atoms with Crippen molar-refractivity contribution in [3.05, 3.63) is 71.0 Å². The van der Waals surface area contributed by atoms with Gasteiger partial charge in [-0.3, -0.25) is 9.69 Å². The normalized spacial score (nSPS) is 18.4. The molecule has 5 nitrogen and oxygen atoms in total. The minimum absolute atomic E-state index is 0.377. The highest BCUT2D eigenvalue weighted by Crippen LogP contribution is 2.29. The number of benzene rings is 1. The van der Waals surface area contributed by atoms with E-state index in [9.17, 15) is 9.90 Å². The number of carboxylic acids is 1. The van der Waals surface area contributed by atoms with E-state index in [1.807, 2.05) is 24.3 Å². The summed E-state index contributed by atoms with van der Waals surface area (Å²) in [5, 5.41) is 16.8. The predicted molar refractivity (Wildman–Crippen MR) is 132 cm³/mol. The molecular formula is C27H39N3O2. The summed E-state index contributed by atoms with van der Waals surface area (Å²) in [6.07, 6.45) is 10.8. The Morgan fingerprint density at radius 2 is 2.12 bits per heavy atom. The van der Waals surface area contributed by atoms with Crippen molar-refractivity contribution >= 4 is 5.97 Å². The van der Waals surface area contributed by atoms with Crippen molar-refractivity contribution in [3.8, 4) is 0 Å². The highest BCUT2D eigenvalue weighted by atomic mass is 16.4. The zero-order valence-corrected chi connectivity index (χ0v) is 19.7. The fourth-order valence-corrected chi connectivity index (χ4v) is 4.61. The first-order valence-corrected chi connectivity index (χ1v) is 12.1. The van der Waals surface area contributed by atoms with Crippen LogP contribution in [0, 0.1) is 0 Å². The van der Waals surface area contributed by atoms with Crippen LogP contribution in [-0.2, 0) is 11.2 Å². The SMILES string of the molecule is C=C(/C=C\C1=C(C)NCCC1)CCCCNC1CN([C@H](C(=O)O)c2ccccc2CC)C1. The Morgan fingerprint density at radius 3 is 2.84 bits per heavy atom. The highest BCUT2D eigenvalue weighted by Gasteiger charge is 2.37. The molecule has 5 heteroatoms. The van der Waals surface area contributed by atoms with E-state index in [2.05, 4.69) is 48.1 Å². The van der Waals surface area contributed by atoms with Crippen LogP contribution in [-0.4, -0.2) is 48.2 Å². The number of hydrogen-bond donors (Lipinski definition) is 3. The summed E-state index contributed by atoms with van der Waals surface area (Å²) < 4.78 is 0. The number of likely N-dealkylation sites (tertiary alicyclic amines) is 1. The second kappa shape index (κ2) is 12.0. The van der Waals surface area contributed by atoms with Gasteiger partial charge in [0, 0.05) is 31.4 Å². The third-order valence-electron chi connectivity index (χ3n) is 6.61. The van der Waals surface area contributed by atoms with Crippen molar-refractivity contribution in [2.75, 3.05) is 26.2 Å². The van der Waals surface area contributed by atoms with Crippen LogP contribution in [0.5, 0.6) is 0 Å². The Bertz CT molecular complexity index is 852. The third-order valence-corrected chi connectivity index (χ3v) is 6.61. The van der Waals surface area contributed by atoms with Gasteiger partial charge in [-0.25, -0.2) is 0 Å². The van der Waals surface area contributed by atoms with Crippen molar-refractivity contribution in [1.29, 1.82) is 0 Å². The number of aryl methyl sites for hydroxylation is 1. The van der Waals surface area contributed by atoms with Gasteiger partial charge in [0.05, 0.1) is 0 Å². The number of allylic oxidation sites excluding steroid dienone is 5. The van der Waals surface area contributed by atoms with Crippen molar-refractivity contribution in [3.63, 3.8) is 0 Å². The van der Waals surface area contributed by atoms with Crippen molar-refractivity contribution in [1.82, 2.24) is 15.5 Å². The van der Waals surface area contributed by atoms with Crippen LogP contribution in [0.15, 0.2) is 59.8 Å². The number of nitrogens with one attached hydrogen (secondary N) is 2. The van der Waals surface area contributed by atoms with E-state index < -0.39 is 12.0 Å². The van der Waals surface area contributed by atoms with Crippen LogP contribution >= 0.6 is 0 Å². The number of rotatable bonds is 12. The van der Waals surface area contributed by atoms with Crippen molar-refractivity contribution < 1.29 is 9.90 Å². The molecule has 3 rings (SSSR count). The summed E-state index contributed by atoms with van der Waals surface area (Å²) in [5.41, 5.74) is 5.93. The monoisotopic (exact) mass is 437 g/mol. The van der Waals surface area contributed by atoms with E-state index >= 15 is 0 Å². The van der Waals surface area contributed by atoms with Gasteiger partial charge in [-0.15, -0.1) is 0 Å². The highest BCUT2D eigenvalue weighted by molar-refractivity contribution is 5.76. The second-order valence-corrected chi connectivity index (χ2v) is 9.03. The van der Waals surface area contributed by atoms with Gasteiger partial charge in [0.25, 0.3) is 0 Å². The average Bonchev–Trinajstić information content (AvgIpc) is 2.76. The predicted octanol–water partition coefficient (Wildman–Crippen LogP) is 4.59. The number of aliphatic carboxylic acids is 1. The maximum atomic E-state index is 12.0. The Labute approximate surface area is 193 Å². The van der Waals surface area contributed by atoms with Crippen LogP contribution in [0.4, 0.5) is 0 Å². The summed E-state index contributed by atoms with van der Waals surface area (Å²) in [6.45, 7) is 12.0. The molecule has 0 unspecified atom stereocenters. The molecular weight excluding hydrogens is 398 g/mol. The number of unbranched alkanes of at least 4 members (excludes halogenated alkanes) is 1. The van der Waals surface area contributed by atoms with Crippen molar-refractivity contribution in [2.24, 2.45) is 0 Å². The number of carbonyl (C=O) groups is 1. The van der Waals surface area contributed by atoms with Gasteiger partial charge in [0.2, 0.25) is 0 Å². The largest absolute Gasteiger partial charge is 0.480 e. The Morgan fingerprint density at radius 1 is 1.34 bits per heavy atom. The topological polar surface area (TPSA) is 64.6 Å². The number of nitrogens with zero attached hydrogens (tertiary/aromatic N) is 1. The molecule has 0 radical (unpaired) electrons. The standard InChI is InChI=1S/C27H39N3O2/c1-4-22-11-5-6-13-25(22)26(27(31)32)30-18-24(19-30)29-16-8-7-10-20(2)14-15-23-12-9-17-28-21(23)3/h5-6,11,13-15,24,26,28-29H,2,4,7-10,12,16-19H2,1,3H3,(H,31,32)/b15-14-/t26-/m0/s1. The molecule has 1 saturated heterocycles. The van der Waals surface area contributed by atoms with Gasteiger partial charge in [0.15, 0.2) is 0 Å². The summed E-state index contributed by atoms with van der Waals surface area (Å²) in [5.74, 6) is -0.758. The first-order chi connectivity index (χ1) is 15.5. The second-order valence-electron chi connectivity index (χ2n) is 9.03. The van der Waals surface area contributed by atoms with E-state index in [4.69, 9.17) is 0 Å². The van der Waals surface area contributed by atoms with E-state index in [1.165, 1.54) is 23.3 Å². The molecule has 2 aliphatic rings. The van der Waals surface area contributed by atoms with Gasteiger partial charge in [0.1, 0.15) is 6.04 Å². The molecule has 0 saturated carbocycles. The molecule has 1 atom stereocenters. The molecule has 1 aromatic carbocycles. The minimum Gasteiger partial charge on any atom is -0.480 e. The van der Waals surface area contributed by atoms with Crippen LogP contribution in [0.3, 0.4) is 0 Å². The van der Waals surface area contributed by atoms with Gasteiger partial charge in [-0.2, -0.15) is 0 Å². The summed E-state index contributed by atoms with van der Waals surface area (Å²) in [6, 6.07) is 7.75. The molecule has 0 aromatic heterocycles. The molecule has 1 aromatic rings. The maximum absolute atomic E-state index is 12.0. The quantitative estimate of drug-likeness (QED) is 0.330. The van der Waals surface area contributed by atoms with Gasteiger partial charge >= 0.3 is 5.97 Å². The number of hydrogen-bond acceptors (Lipinski definition) is 4. The van der Waals surface area contributed by atoms with E-state index in [0.717, 1.165) is 69.4 Å². The zero-order chi connectivity index (χ0) is 22.9. The molecule has 32 heavy (non-hydrogen) atoms. The molecule has 0 aliphatic carbocycles. The number of carboxylic acid groups (broad SMARTS) is 1. The lowest BCUT2D eigenvalue weighted by molar-refractivity contribution is -0.146. The lowest BCUT2D eigenvalue weighted by atomic mass is 9.94. The van der Waals surface area contributed by atoms with Crippen molar-refractivity contribution in [2.45, 2.75) is 64.5 Å². The Hall–Kier alpha value is -2.37. The molecule has 1 fully saturated rings. The fraction of sp³-hybridized carbons (Fsp3) is 0.519. The molecule has 0 amide bonds. The summed E-state index contributed by atoms with van der Waals surface area (Å²) in [4.78, 5) is 14.0. The smallest absolute Gasteiger partial charge is 0.325 e. The molecule has 2 heterocycles. The van der Waals surface area contributed by atoms with Gasteiger partial charge < -0.3 is 15.7 Å². The first-order valence-electron chi connectivity index (χ1n) is 12.1. The Balaban J connectivity index is 1.34. The lowest BCUT2D eigenvalue weighted by Gasteiger charge is -2.43. The van der Waals surface area contributed by atoms with Crippen LogP contribution < -0.4 is 10.6 Å². The maximum Gasteiger partial charge on any atom is 0.325 e. The molecule has 2 aliphatic heterocycles. The molecule has 174 valence electrons. The van der Waals surface area contributed by atoms with E-state index in [1.54, 1.807) is 0 Å². The fourth-order valence-electron chi connectivity index (χ4n) is 4.61. The third kappa shape index (κ3) is 6.57. The zero-order valence-electron chi connectivity index (χ0n) is 19.7. The molecule has 0 bridgehead atoms. The summed E-state index contributed by atoms with van der Waals surface area (Å²) in [7, 11) is 0. The average molecular weight is 438 g/mol. The summed E-state index contributed by atoms with van der Waals surface area (Å²) >= 11 is 0. The van der Waals surface area contributed by atoms with Gasteiger partial charge in [-0.05, 0) is 68.7 Å².